The largest absolute Gasteiger partial charge is 0.0801 e. The van der Waals surface area contributed by atoms with Gasteiger partial charge in [0.25, 0.3) is 0 Å². The maximum atomic E-state index is 2.35. The molecule has 0 unspecified atom stereocenters. The molecular weight excluding hydrogens is 283 g/mol. The molecule has 0 nitrogen and oxygen atoms in total. The Labute approximate surface area is 134 Å². The van der Waals surface area contributed by atoms with Crippen molar-refractivity contribution in [2.75, 3.05) is 0 Å². The molecule has 3 rings (SSSR count). The van der Waals surface area contributed by atoms with Crippen LogP contribution in [0.1, 0.15) is 6.42 Å². The summed E-state index contributed by atoms with van der Waals surface area (Å²) in [5.74, 6) is 2.35. The normalized spacial score (nSPS) is 16.0. The lowest BCUT2D eigenvalue weighted by molar-refractivity contribution is 1.26. The molecule has 0 fully saturated rings. The van der Waals surface area contributed by atoms with Crippen molar-refractivity contribution in [3.63, 3.8) is 0 Å². The number of hydrogen-bond donors (Lipinski definition) is 0. The molecule has 1 heteroatoms. The molecule has 22 heavy (non-hydrogen) atoms. The topological polar surface area (TPSA) is 0 Å². The second-order valence-corrected chi connectivity index (χ2v) is 7.19. The first kappa shape index (κ1) is 14.8. The molecule has 0 atom stereocenters. The third kappa shape index (κ3) is 3.93. The molecule has 0 bridgehead atoms. The van der Waals surface area contributed by atoms with E-state index in [9.17, 15) is 0 Å². The van der Waals surface area contributed by atoms with E-state index in [1.807, 2.05) is 0 Å². The minimum Gasteiger partial charge on any atom is -0.0801 e. The van der Waals surface area contributed by atoms with Crippen LogP contribution in [0.15, 0.2) is 109 Å². The van der Waals surface area contributed by atoms with E-state index in [1.54, 1.807) is 0 Å². The zero-order valence-electron chi connectivity index (χ0n) is 12.5. The van der Waals surface area contributed by atoms with E-state index in [1.165, 1.54) is 16.2 Å². The van der Waals surface area contributed by atoms with E-state index in [0.717, 1.165) is 6.42 Å². The summed E-state index contributed by atoms with van der Waals surface area (Å²) >= 11 is 0. The molecule has 0 aliphatic heterocycles. The molecule has 0 N–H and O–H groups in total. The average molecular weight is 302 g/mol. The van der Waals surface area contributed by atoms with Gasteiger partial charge < -0.3 is 0 Å². The first-order chi connectivity index (χ1) is 10.9. The van der Waals surface area contributed by atoms with Gasteiger partial charge in [0.05, 0.1) is 0 Å². The van der Waals surface area contributed by atoms with E-state index in [0.29, 0.717) is 0 Å². The summed E-state index contributed by atoms with van der Waals surface area (Å²) in [5, 5.41) is 2.77. The van der Waals surface area contributed by atoms with E-state index in [2.05, 4.69) is 103 Å². The third-order valence-electron chi connectivity index (χ3n) is 3.53. The van der Waals surface area contributed by atoms with Crippen molar-refractivity contribution in [3.8, 4) is 0 Å². The molecule has 108 valence electrons. The van der Waals surface area contributed by atoms with Gasteiger partial charge in [0.1, 0.15) is 0 Å². The summed E-state index contributed by atoms with van der Waals surface area (Å²) in [6.07, 6.45) is 14.0. The van der Waals surface area contributed by atoms with Gasteiger partial charge in [0, 0.05) is 0 Å². The van der Waals surface area contributed by atoms with Gasteiger partial charge in [-0.3, -0.25) is 0 Å². The minimum atomic E-state index is -0.445. The van der Waals surface area contributed by atoms with Crippen LogP contribution in [0.2, 0.25) is 0 Å². The summed E-state index contributed by atoms with van der Waals surface area (Å²) in [5.41, 5.74) is 1.36. The zero-order chi connectivity index (χ0) is 15.0. The highest BCUT2D eigenvalue weighted by molar-refractivity contribution is 7.75. The maximum Gasteiger partial charge on any atom is -0.00943 e. The first-order valence-electron chi connectivity index (χ1n) is 7.53. The molecule has 1 aliphatic rings. The molecule has 0 radical (unpaired) electrons. The Bertz CT molecular complexity index is 667. The van der Waals surface area contributed by atoms with Gasteiger partial charge in [0.15, 0.2) is 0 Å². The Kier molecular flexibility index (Phi) is 5.18. The zero-order valence-corrected chi connectivity index (χ0v) is 13.4. The molecule has 2 aromatic rings. The first-order valence-corrected chi connectivity index (χ1v) is 8.94. The molecule has 0 saturated heterocycles. The molecular formula is C21H19P. The van der Waals surface area contributed by atoms with Gasteiger partial charge in [-0.05, 0) is 30.5 Å². The number of allylic oxidation sites excluding steroid dienone is 7. The highest BCUT2D eigenvalue weighted by atomic mass is 31.1. The van der Waals surface area contributed by atoms with Crippen molar-refractivity contribution in [2.45, 2.75) is 6.42 Å². The Balaban J connectivity index is 1.86. The van der Waals surface area contributed by atoms with E-state index in [-0.39, 0.29) is 0 Å². The van der Waals surface area contributed by atoms with Gasteiger partial charge in [-0.2, -0.15) is 0 Å². The SMILES string of the molecule is C1=CC/C(=C\C=C\P(c2ccccc2)c2ccccc2)C=C1. The fourth-order valence-corrected chi connectivity index (χ4v) is 4.29. The monoisotopic (exact) mass is 302 g/mol. The van der Waals surface area contributed by atoms with Crippen LogP contribution in [0, 0.1) is 0 Å². The summed E-state index contributed by atoms with van der Waals surface area (Å²) in [6.45, 7) is 0. The van der Waals surface area contributed by atoms with Crippen LogP contribution in [0.25, 0.3) is 0 Å². The van der Waals surface area contributed by atoms with E-state index in [4.69, 9.17) is 0 Å². The number of benzene rings is 2. The molecule has 0 amide bonds. The van der Waals surface area contributed by atoms with Gasteiger partial charge in [-0.25, -0.2) is 0 Å². The van der Waals surface area contributed by atoms with Crippen LogP contribution in [0.5, 0.6) is 0 Å². The second-order valence-electron chi connectivity index (χ2n) is 5.12. The molecule has 0 heterocycles. The third-order valence-corrected chi connectivity index (χ3v) is 5.70. The van der Waals surface area contributed by atoms with E-state index < -0.39 is 7.92 Å². The lowest BCUT2D eigenvalue weighted by Gasteiger charge is -2.14. The van der Waals surface area contributed by atoms with Gasteiger partial charge in [0.2, 0.25) is 0 Å². The minimum absolute atomic E-state index is 0.445. The summed E-state index contributed by atoms with van der Waals surface area (Å²) < 4.78 is 0. The van der Waals surface area contributed by atoms with Crippen molar-refractivity contribution < 1.29 is 0 Å². The predicted molar refractivity (Wildman–Crippen MR) is 99.2 cm³/mol. The Morgan fingerprint density at radius 3 is 1.95 bits per heavy atom. The standard InChI is InChI=1S/C21H19P/c1-4-11-19(12-5-1)13-10-18-22(20-14-6-2-7-15-20)21-16-8-3-9-17-21/h1-11,13-18H,12H2/b18-10+,19-13-. The van der Waals surface area contributed by atoms with Crippen molar-refractivity contribution in [3.05, 3.63) is 109 Å². The van der Waals surface area contributed by atoms with Gasteiger partial charge >= 0.3 is 0 Å². The Morgan fingerprint density at radius 2 is 1.41 bits per heavy atom. The lowest BCUT2D eigenvalue weighted by Crippen LogP contribution is -2.09. The van der Waals surface area contributed by atoms with Crippen LogP contribution >= 0.6 is 7.92 Å². The van der Waals surface area contributed by atoms with Crippen molar-refractivity contribution >= 4 is 18.5 Å². The average Bonchev–Trinajstić information content (AvgIpc) is 2.61. The van der Waals surface area contributed by atoms with Crippen molar-refractivity contribution in [2.24, 2.45) is 0 Å². The fourth-order valence-electron chi connectivity index (χ4n) is 2.40. The molecule has 0 aromatic heterocycles. The van der Waals surface area contributed by atoms with Crippen LogP contribution in [0.4, 0.5) is 0 Å². The highest BCUT2D eigenvalue weighted by Gasteiger charge is 2.08. The summed E-state index contributed by atoms with van der Waals surface area (Å²) in [4.78, 5) is 0. The summed E-state index contributed by atoms with van der Waals surface area (Å²) in [6, 6.07) is 21.5. The molecule has 0 spiro atoms. The molecule has 2 aromatic carbocycles. The van der Waals surface area contributed by atoms with Crippen LogP contribution in [0.3, 0.4) is 0 Å². The van der Waals surface area contributed by atoms with Gasteiger partial charge in [-0.15, -0.1) is 0 Å². The van der Waals surface area contributed by atoms with Crippen LogP contribution in [-0.2, 0) is 0 Å². The summed E-state index contributed by atoms with van der Waals surface area (Å²) in [7, 11) is -0.445. The van der Waals surface area contributed by atoms with Crippen molar-refractivity contribution in [1.29, 1.82) is 0 Å². The number of rotatable bonds is 4. The fraction of sp³-hybridized carbons (Fsp3) is 0.0476. The van der Waals surface area contributed by atoms with E-state index >= 15 is 0 Å². The Morgan fingerprint density at radius 1 is 0.773 bits per heavy atom. The Hall–Kier alpha value is -2.17. The molecule has 1 aliphatic carbocycles. The second kappa shape index (κ2) is 7.73. The maximum absolute atomic E-state index is 2.35. The smallest absolute Gasteiger partial charge is 0.00943 e. The van der Waals surface area contributed by atoms with Crippen molar-refractivity contribution in [1.82, 2.24) is 0 Å². The predicted octanol–water partition coefficient (Wildman–Crippen LogP) is 5.08. The lowest BCUT2D eigenvalue weighted by atomic mass is 10.1. The highest BCUT2D eigenvalue weighted by Crippen LogP contribution is 2.35. The van der Waals surface area contributed by atoms with Crippen LogP contribution < -0.4 is 10.6 Å². The quantitative estimate of drug-likeness (QED) is 0.691. The van der Waals surface area contributed by atoms with Gasteiger partial charge in [-0.1, -0.05) is 103 Å². The molecule has 0 saturated carbocycles. The van der Waals surface area contributed by atoms with Crippen LogP contribution in [-0.4, -0.2) is 0 Å². The number of hydrogen-bond acceptors (Lipinski definition) is 0.